The summed E-state index contributed by atoms with van der Waals surface area (Å²) in [6.45, 7) is 0. The largest absolute Gasteiger partial charge is 0.493 e. The van der Waals surface area contributed by atoms with Crippen molar-refractivity contribution in [2.24, 2.45) is 0 Å². The number of benzene rings is 2. The van der Waals surface area contributed by atoms with Crippen LogP contribution in [0.1, 0.15) is 10.4 Å². The molecule has 0 aliphatic heterocycles. The number of rotatable bonds is 5. The fraction of sp³-hybridized carbons (Fsp3) is 0.188. The van der Waals surface area contributed by atoms with Crippen LogP contribution in [0.3, 0.4) is 0 Å². The van der Waals surface area contributed by atoms with Gasteiger partial charge in [0.15, 0.2) is 11.5 Å². The number of thioether (sulfide) groups is 1. The van der Waals surface area contributed by atoms with Crippen LogP contribution >= 0.6 is 11.8 Å². The monoisotopic (exact) mass is 357 g/mol. The molecule has 24 heavy (non-hydrogen) atoms. The number of ether oxygens (including phenoxy) is 2. The summed E-state index contributed by atoms with van der Waals surface area (Å²) in [4.78, 5) is 12.2. The summed E-state index contributed by atoms with van der Waals surface area (Å²) in [5, 5.41) is 2.65. The lowest BCUT2D eigenvalue weighted by Gasteiger charge is -2.11. The number of hydrogen-bond donors (Lipinski definition) is 1. The second-order valence-electron chi connectivity index (χ2n) is 4.60. The smallest absolute Gasteiger partial charge is 0.446 e. The van der Waals surface area contributed by atoms with Crippen molar-refractivity contribution in [3.05, 3.63) is 48.0 Å². The van der Waals surface area contributed by atoms with Gasteiger partial charge in [-0.3, -0.25) is 4.79 Å². The number of carbonyl (C=O) groups excluding carboxylic acids is 1. The van der Waals surface area contributed by atoms with E-state index in [1.165, 1.54) is 38.5 Å². The molecule has 2 rings (SSSR count). The molecule has 0 fully saturated rings. The molecule has 128 valence electrons. The summed E-state index contributed by atoms with van der Waals surface area (Å²) in [6, 6.07) is 10.0. The van der Waals surface area contributed by atoms with Crippen molar-refractivity contribution in [1.29, 1.82) is 0 Å². The minimum Gasteiger partial charge on any atom is -0.493 e. The summed E-state index contributed by atoms with van der Waals surface area (Å²) in [5.41, 5.74) is -3.63. The maximum atomic E-state index is 12.3. The fourth-order valence-electron chi connectivity index (χ4n) is 1.93. The Labute approximate surface area is 141 Å². The van der Waals surface area contributed by atoms with Gasteiger partial charge in [0, 0.05) is 22.2 Å². The van der Waals surface area contributed by atoms with Gasteiger partial charge in [-0.1, -0.05) is 0 Å². The minimum absolute atomic E-state index is 0.0187. The van der Waals surface area contributed by atoms with E-state index in [0.29, 0.717) is 17.2 Å². The normalized spacial score (nSPS) is 11.0. The molecule has 0 aromatic heterocycles. The van der Waals surface area contributed by atoms with Crippen molar-refractivity contribution in [3.8, 4) is 11.5 Å². The van der Waals surface area contributed by atoms with E-state index in [0.717, 1.165) is 0 Å². The number of amides is 1. The summed E-state index contributed by atoms with van der Waals surface area (Å²) >= 11 is -0.228. The summed E-state index contributed by atoms with van der Waals surface area (Å²) in [7, 11) is 2.97. The average Bonchev–Trinajstić information content (AvgIpc) is 2.53. The molecule has 0 unspecified atom stereocenters. The lowest BCUT2D eigenvalue weighted by molar-refractivity contribution is -0.0328. The highest BCUT2D eigenvalue weighted by Crippen LogP contribution is 2.36. The van der Waals surface area contributed by atoms with Crippen LogP contribution in [-0.2, 0) is 0 Å². The molecule has 0 saturated heterocycles. The number of carbonyl (C=O) groups is 1. The molecule has 1 N–H and O–H groups in total. The lowest BCUT2D eigenvalue weighted by atomic mass is 10.2. The Morgan fingerprint density at radius 1 is 1.00 bits per heavy atom. The van der Waals surface area contributed by atoms with Crippen molar-refractivity contribution < 1.29 is 27.4 Å². The third kappa shape index (κ3) is 4.82. The van der Waals surface area contributed by atoms with Gasteiger partial charge in [0.05, 0.1) is 14.2 Å². The zero-order valence-corrected chi connectivity index (χ0v) is 13.6. The Hall–Kier alpha value is -2.35. The van der Waals surface area contributed by atoms with E-state index in [1.807, 2.05) is 0 Å². The highest BCUT2D eigenvalue weighted by molar-refractivity contribution is 8.00. The number of hydrogen-bond acceptors (Lipinski definition) is 4. The van der Waals surface area contributed by atoms with Gasteiger partial charge in [-0.15, -0.1) is 0 Å². The molecule has 0 bridgehead atoms. The van der Waals surface area contributed by atoms with Crippen molar-refractivity contribution >= 4 is 23.4 Å². The van der Waals surface area contributed by atoms with Crippen molar-refractivity contribution in [3.63, 3.8) is 0 Å². The summed E-state index contributed by atoms with van der Waals surface area (Å²) < 4.78 is 47.1. The van der Waals surface area contributed by atoms with Crippen molar-refractivity contribution in [1.82, 2.24) is 0 Å². The number of anilines is 1. The van der Waals surface area contributed by atoms with Gasteiger partial charge in [-0.2, -0.15) is 13.2 Å². The third-order valence-corrected chi connectivity index (χ3v) is 3.73. The zero-order chi connectivity index (χ0) is 17.7. The third-order valence-electron chi connectivity index (χ3n) is 2.99. The summed E-state index contributed by atoms with van der Waals surface area (Å²) in [5.74, 6) is 0.530. The minimum atomic E-state index is -4.36. The maximum absolute atomic E-state index is 12.3. The van der Waals surface area contributed by atoms with E-state index in [9.17, 15) is 18.0 Å². The SMILES string of the molecule is COc1ccc(NC(=O)c2ccc(SC(F)(F)F)cc2)cc1OC. The molecule has 8 heteroatoms. The first-order chi connectivity index (χ1) is 11.3. The standard InChI is InChI=1S/C16H14F3NO3S/c1-22-13-8-5-11(9-14(13)23-2)20-15(21)10-3-6-12(7-4-10)24-16(17,18)19/h3-9H,1-2H3,(H,20,21). The number of nitrogens with one attached hydrogen (secondary N) is 1. The molecule has 1 amide bonds. The van der Waals surface area contributed by atoms with E-state index < -0.39 is 11.4 Å². The van der Waals surface area contributed by atoms with Crippen molar-refractivity contribution in [2.75, 3.05) is 19.5 Å². The Bertz CT molecular complexity index is 717. The Morgan fingerprint density at radius 3 is 2.17 bits per heavy atom. The number of methoxy groups -OCH3 is 2. The van der Waals surface area contributed by atoms with Gasteiger partial charge in [0.1, 0.15) is 0 Å². The Kier molecular flexibility index (Phi) is 5.61. The molecule has 0 heterocycles. The van der Waals surface area contributed by atoms with Crippen LogP contribution in [0, 0.1) is 0 Å². The molecule has 0 atom stereocenters. The lowest BCUT2D eigenvalue weighted by Crippen LogP contribution is -2.12. The van der Waals surface area contributed by atoms with Crippen molar-refractivity contribution in [2.45, 2.75) is 10.4 Å². The van der Waals surface area contributed by atoms with Crippen LogP contribution in [0.25, 0.3) is 0 Å². The molecule has 0 aliphatic rings. The molecule has 0 radical (unpaired) electrons. The van der Waals surface area contributed by atoms with Crippen LogP contribution in [0.2, 0.25) is 0 Å². The van der Waals surface area contributed by atoms with Crippen LogP contribution in [0.4, 0.5) is 18.9 Å². The number of halogens is 3. The predicted octanol–water partition coefficient (Wildman–Crippen LogP) is 4.57. The van der Waals surface area contributed by atoms with E-state index in [4.69, 9.17) is 9.47 Å². The molecule has 2 aromatic rings. The molecule has 0 spiro atoms. The van der Waals surface area contributed by atoms with E-state index in [-0.39, 0.29) is 22.2 Å². The second kappa shape index (κ2) is 7.48. The van der Waals surface area contributed by atoms with E-state index >= 15 is 0 Å². The van der Waals surface area contributed by atoms with Gasteiger partial charge in [-0.05, 0) is 48.2 Å². The fourth-order valence-corrected chi connectivity index (χ4v) is 2.46. The zero-order valence-electron chi connectivity index (χ0n) is 12.8. The molecule has 0 saturated carbocycles. The first-order valence-corrected chi connectivity index (χ1v) is 7.53. The summed E-state index contributed by atoms with van der Waals surface area (Å²) in [6.07, 6.45) is 0. The average molecular weight is 357 g/mol. The van der Waals surface area contributed by atoms with Gasteiger partial charge in [0.25, 0.3) is 5.91 Å². The van der Waals surface area contributed by atoms with E-state index in [2.05, 4.69) is 5.32 Å². The topological polar surface area (TPSA) is 47.6 Å². The van der Waals surface area contributed by atoms with Crippen LogP contribution in [0.5, 0.6) is 11.5 Å². The van der Waals surface area contributed by atoms with E-state index in [1.54, 1.807) is 18.2 Å². The molecular weight excluding hydrogens is 343 g/mol. The molecule has 2 aromatic carbocycles. The van der Waals surface area contributed by atoms with Crippen LogP contribution in [-0.4, -0.2) is 25.6 Å². The predicted molar refractivity (Wildman–Crippen MR) is 85.9 cm³/mol. The molecule has 0 aliphatic carbocycles. The van der Waals surface area contributed by atoms with Gasteiger partial charge >= 0.3 is 5.51 Å². The Balaban J connectivity index is 2.09. The highest BCUT2D eigenvalue weighted by Gasteiger charge is 2.29. The van der Waals surface area contributed by atoms with Gasteiger partial charge < -0.3 is 14.8 Å². The number of alkyl halides is 3. The van der Waals surface area contributed by atoms with Gasteiger partial charge in [-0.25, -0.2) is 0 Å². The quantitative estimate of drug-likeness (QED) is 0.797. The van der Waals surface area contributed by atoms with Gasteiger partial charge in [0.2, 0.25) is 0 Å². The Morgan fingerprint density at radius 2 is 1.62 bits per heavy atom. The molecule has 4 nitrogen and oxygen atoms in total. The van der Waals surface area contributed by atoms with Crippen LogP contribution < -0.4 is 14.8 Å². The highest BCUT2D eigenvalue weighted by atomic mass is 32.2. The second-order valence-corrected chi connectivity index (χ2v) is 5.73. The molecular formula is C16H14F3NO3S. The first-order valence-electron chi connectivity index (χ1n) is 6.71. The van der Waals surface area contributed by atoms with Crippen LogP contribution in [0.15, 0.2) is 47.4 Å². The maximum Gasteiger partial charge on any atom is 0.446 e. The first kappa shape index (κ1) is 18.0.